The van der Waals surface area contributed by atoms with Gasteiger partial charge in [0, 0.05) is 12.8 Å². The van der Waals surface area contributed by atoms with Gasteiger partial charge in [0.05, 0.1) is 5.02 Å². The summed E-state index contributed by atoms with van der Waals surface area (Å²) in [7, 11) is 0. The van der Waals surface area contributed by atoms with E-state index in [9.17, 15) is 14.0 Å². The summed E-state index contributed by atoms with van der Waals surface area (Å²) in [6.07, 6.45) is 4.62. The Balaban J connectivity index is 2.39. The quantitative estimate of drug-likeness (QED) is 0.460. The first-order valence-electron chi connectivity index (χ1n) is 6.24. The summed E-state index contributed by atoms with van der Waals surface area (Å²) in [6, 6.07) is 3.94. The Morgan fingerprint density at radius 3 is 2.67 bits per heavy atom. The molecule has 0 bridgehead atoms. The number of esters is 2. The molecule has 0 aliphatic carbocycles. The lowest BCUT2D eigenvalue weighted by atomic mass is 10.2. The van der Waals surface area contributed by atoms with Gasteiger partial charge in [0.15, 0.2) is 17.7 Å². The number of benzene rings is 1. The third-order valence-corrected chi connectivity index (χ3v) is 2.74. The number of terminal acetylenes is 1. The van der Waals surface area contributed by atoms with Crippen LogP contribution in [0.2, 0.25) is 5.02 Å². The first-order valence-corrected chi connectivity index (χ1v) is 6.62. The van der Waals surface area contributed by atoms with Gasteiger partial charge < -0.3 is 9.47 Å². The van der Waals surface area contributed by atoms with Crippen LogP contribution in [0.25, 0.3) is 0 Å². The van der Waals surface area contributed by atoms with Crippen LogP contribution in [0.3, 0.4) is 0 Å². The van der Waals surface area contributed by atoms with Gasteiger partial charge in [-0.05, 0) is 25.5 Å². The summed E-state index contributed by atoms with van der Waals surface area (Å²) in [4.78, 5) is 22.9. The van der Waals surface area contributed by atoms with Crippen LogP contribution in [-0.2, 0) is 14.3 Å². The van der Waals surface area contributed by atoms with Crippen LogP contribution in [0.1, 0.15) is 26.2 Å². The topological polar surface area (TPSA) is 52.6 Å². The van der Waals surface area contributed by atoms with Crippen LogP contribution in [0, 0.1) is 18.2 Å². The largest absolute Gasteiger partial charge is 0.449 e. The Labute approximate surface area is 127 Å². The second-order valence-corrected chi connectivity index (χ2v) is 4.58. The van der Waals surface area contributed by atoms with Crippen LogP contribution in [-0.4, -0.2) is 18.0 Å². The van der Waals surface area contributed by atoms with Crippen molar-refractivity contribution < 1.29 is 23.5 Å². The van der Waals surface area contributed by atoms with Gasteiger partial charge >= 0.3 is 11.9 Å². The summed E-state index contributed by atoms with van der Waals surface area (Å²) in [5, 5.41) is 0.00519. The van der Waals surface area contributed by atoms with Gasteiger partial charge in [-0.2, -0.15) is 0 Å². The van der Waals surface area contributed by atoms with Gasteiger partial charge in [-0.1, -0.05) is 23.6 Å². The van der Waals surface area contributed by atoms with Crippen LogP contribution in [0.15, 0.2) is 18.2 Å². The van der Waals surface area contributed by atoms with Gasteiger partial charge in [-0.3, -0.25) is 9.59 Å². The van der Waals surface area contributed by atoms with Gasteiger partial charge in [0.2, 0.25) is 0 Å². The summed E-state index contributed by atoms with van der Waals surface area (Å²) in [5.41, 5.74) is 0. The van der Waals surface area contributed by atoms with E-state index >= 15 is 0 Å². The van der Waals surface area contributed by atoms with Crippen molar-refractivity contribution in [3.8, 4) is 18.1 Å². The summed E-state index contributed by atoms with van der Waals surface area (Å²) >= 11 is 5.72. The van der Waals surface area contributed by atoms with E-state index in [1.54, 1.807) is 6.92 Å². The molecule has 0 aliphatic rings. The lowest BCUT2D eigenvalue weighted by molar-refractivity contribution is -0.146. The fourth-order valence-electron chi connectivity index (χ4n) is 1.41. The number of para-hydroxylation sites is 1. The molecule has 0 spiro atoms. The summed E-state index contributed by atoms with van der Waals surface area (Å²) < 4.78 is 23.0. The molecular formula is C15H14ClFO4. The van der Waals surface area contributed by atoms with Crippen molar-refractivity contribution in [1.29, 1.82) is 0 Å². The predicted molar refractivity (Wildman–Crippen MR) is 75.3 cm³/mol. The zero-order valence-electron chi connectivity index (χ0n) is 11.4. The first-order chi connectivity index (χ1) is 9.93. The molecule has 0 radical (unpaired) electrons. The second kappa shape index (κ2) is 8.28. The van der Waals surface area contributed by atoms with Gasteiger partial charge in [0.25, 0.3) is 0 Å². The standard InChI is InChI=1S/C15H14ClFO4/c1-3-10(2)20-13(18)8-5-9-14(19)21-15-11(16)6-4-7-12(15)17/h1,4,6-7,10H,5,8-9H2,2H3. The summed E-state index contributed by atoms with van der Waals surface area (Å²) in [6.45, 7) is 1.56. The average molecular weight is 313 g/mol. The van der Waals surface area contributed by atoms with Crippen LogP contribution in [0.4, 0.5) is 4.39 Å². The predicted octanol–water partition coefficient (Wildman–Crippen LogP) is 3.12. The highest BCUT2D eigenvalue weighted by molar-refractivity contribution is 6.32. The number of hydrogen-bond acceptors (Lipinski definition) is 4. The number of hydrogen-bond donors (Lipinski definition) is 0. The molecule has 21 heavy (non-hydrogen) atoms. The van der Waals surface area contributed by atoms with Crippen molar-refractivity contribution in [2.24, 2.45) is 0 Å². The fraction of sp³-hybridized carbons (Fsp3) is 0.333. The summed E-state index contributed by atoms with van der Waals surface area (Å²) in [5.74, 6) is 0.0295. The molecule has 0 aliphatic heterocycles. The molecule has 112 valence electrons. The Bertz CT molecular complexity index is 545. The van der Waals surface area contributed by atoms with E-state index in [1.807, 2.05) is 0 Å². The van der Waals surface area contributed by atoms with E-state index in [1.165, 1.54) is 12.1 Å². The lowest BCUT2D eigenvalue weighted by Crippen LogP contribution is -2.14. The SMILES string of the molecule is C#CC(C)OC(=O)CCCC(=O)Oc1c(F)cccc1Cl. The maximum Gasteiger partial charge on any atom is 0.311 e. The Hall–Kier alpha value is -2.06. The van der Waals surface area contributed by atoms with Crippen molar-refractivity contribution in [3.63, 3.8) is 0 Å². The molecule has 6 heteroatoms. The van der Waals surface area contributed by atoms with E-state index < -0.39 is 23.9 Å². The number of halogens is 2. The number of carbonyl (C=O) groups excluding carboxylic acids is 2. The maximum atomic E-state index is 13.4. The third kappa shape index (κ3) is 5.84. The minimum atomic E-state index is -0.724. The van der Waals surface area contributed by atoms with E-state index in [0.29, 0.717) is 0 Å². The highest BCUT2D eigenvalue weighted by Gasteiger charge is 2.14. The molecule has 1 atom stereocenters. The van der Waals surface area contributed by atoms with Crippen molar-refractivity contribution in [2.45, 2.75) is 32.3 Å². The molecule has 4 nitrogen and oxygen atoms in total. The monoisotopic (exact) mass is 312 g/mol. The molecule has 1 aromatic rings. The van der Waals surface area contributed by atoms with Crippen molar-refractivity contribution in [1.82, 2.24) is 0 Å². The molecule has 0 N–H and O–H groups in total. The van der Waals surface area contributed by atoms with Crippen molar-refractivity contribution in [3.05, 3.63) is 29.0 Å². The minimum absolute atomic E-state index is 0.00519. The molecule has 0 amide bonds. The molecule has 0 aromatic heterocycles. The van der Waals surface area contributed by atoms with Crippen LogP contribution >= 0.6 is 11.6 Å². The average Bonchev–Trinajstić information content (AvgIpc) is 2.43. The molecule has 0 saturated carbocycles. The lowest BCUT2D eigenvalue weighted by Gasteiger charge is -2.08. The highest BCUT2D eigenvalue weighted by Crippen LogP contribution is 2.27. The molecular weight excluding hydrogens is 299 g/mol. The van der Waals surface area contributed by atoms with Gasteiger partial charge in [-0.15, -0.1) is 6.42 Å². The first kappa shape index (κ1) is 17.0. The smallest absolute Gasteiger partial charge is 0.311 e. The van der Waals surface area contributed by atoms with Gasteiger partial charge in [-0.25, -0.2) is 4.39 Å². The van der Waals surface area contributed by atoms with E-state index in [0.717, 1.165) is 6.07 Å². The fourth-order valence-corrected chi connectivity index (χ4v) is 1.61. The minimum Gasteiger partial charge on any atom is -0.449 e. The van der Waals surface area contributed by atoms with Crippen LogP contribution in [0.5, 0.6) is 5.75 Å². The number of carbonyl (C=O) groups is 2. The Kier molecular flexibility index (Phi) is 6.70. The zero-order chi connectivity index (χ0) is 15.8. The van der Waals surface area contributed by atoms with E-state index in [2.05, 4.69) is 5.92 Å². The third-order valence-electron chi connectivity index (χ3n) is 2.44. The van der Waals surface area contributed by atoms with Crippen molar-refractivity contribution >= 4 is 23.5 Å². The maximum absolute atomic E-state index is 13.4. The van der Waals surface area contributed by atoms with E-state index in [-0.39, 0.29) is 30.0 Å². The highest BCUT2D eigenvalue weighted by atomic mass is 35.5. The van der Waals surface area contributed by atoms with E-state index in [4.69, 9.17) is 27.5 Å². The second-order valence-electron chi connectivity index (χ2n) is 4.18. The molecule has 1 rings (SSSR count). The Morgan fingerprint density at radius 2 is 2.05 bits per heavy atom. The normalized spacial score (nSPS) is 11.3. The number of ether oxygens (including phenoxy) is 2. The molecule has 0 heterocycles. The molecule has 1 unspecified atom stereocenters. The molecule has 1 aromatic carbocycles. The molecule has 0 fully saturated rings. The number of rotatable bonds is 6. The van der Waals surface area contributed by atoms with Crippen molar-refractivity contribution in [2.75, 3.05) is 0 Å². The zero-order valence-corrected chi connectivity index (χ0v) is 12.2. The van der Waals surface area contributed by atoms with Gasteiger partial charge in [0.1, 0.15) is 0 Å². The van der Waals surface area contributed by atoms with Crippen LogP contribution < -0.4 is 4.74 Å². The Morgan fingerprint density at radius 1 is 1.38 bits per heavy atom. The molecule has 0 saturated heterocycles.